The van der Waals surface area contributed by atoms with Crippen LogP contribution in [0.25, 0.3) is 11.2 Å². The fraction of sp³-hybridized carbons (Fsp3) is 0.286. The Kier molecular flexibility index (Phi) is 1.73. The number of aromatic amines is 1. The van der Waals surface area contributed by atoms with Gasteiger partial charge in [-0.1, -0.05) is 11.8 Å². The number of imidazole rings is 1. The smallest absolute Gasteiger partial charge is 0.189 e. The van der Waals surface area contributed by atoms with E-state index in [0.717, 1.165) is 22.0 Å². The minimum absolute atomic E-state index is 0.742. The lowest BCUT2D eigenvalue weighted by atomic mass is 10.4. The molecule has 0 atom stereocenters. The fourth-order valence-electron chi connectivity index (χ4n) is 1.04. The molecule has 0 aromatic carbocycles. The van der Waals surface area contributed by atoms with Crippen molar-refractivity contribution >= 4 is 22.9 Å². The van der Waals surface area contributed by atoms with E-state index in [1.165, 1.54) is 11.8 Å². The lowest BCUT2D eigenvalue weighted by Gasteiger charge is -1.96. The second-order valence-corrected chi connectivity index (χ2v) is 3.17. The van der Waals surface area contributed by atoms with E-state index >= 15 is 0 Å². The van der Waals surface area contributed by atoms with Crippen molar-refractivity contribution in [3.63, 3.8) is 0 Å². The molecule has 1 N–H and O–H groups in total. The molecule has 0 aliphatic rings. The summed E-state index contributed by atoms with van der Waals surface area (Å²) in [5, 5.41) is 0.770. The third-order valence-electron chi connectivity index (χ3n) is 1.63. The number of fused-ring (bicyclic) bond motifs is 1. The van der Waals surface area contributed by atoms with Crippen LogP contribution in [0.15, 0.2) is 11.5 Å². The monoisotopic (exact) mass is 180 g/mol. The lowest BCUT2D eigenvalue weighted by molar-refractivity contribution is 0.963. The maximum absolute atomic E-state index is 4.27. The third kappa shape index (κ3) is 1.06. The van der Waals surface area contributed by atoms with Crippen LogP contribution in [0.2, 0.25) is 0 Å². The Hall–Kier alpha value is -1.10. The van der Waals surface area contributed by atoms with E-state index in [4.69, 9.17) is 0 Å². The molecular weight excluding hydrogens is 172 g/mol. The molecular formula is C7H8N4S. The molecule has 0 saturated heterocycles. The predicted molar refractivity (Wildman–Crippen MR) is 48.2 cm³/mol. The van der Waals surface area contributed by atoms with Gasteiger partial charge in [-0.2, -0.15) is 0 Å². The first-order valence-electron chi connectivity index (χ1n) is 3.53. The Morgan fingerprint density at radius 2 is 2.25 bits per heavy atom. The quantitative estimate of drug-likeness (QED) is 0.532. The van der Waals surface area contributed by atoms with Crippen LogP contribution in [0.5, 0.6) is 0 Å². The minimum Gasteiger partial charge on any atom is -0.342 e. The van der Waals surface area contributed by atoms with Crippen molar-refractivity contribution in [2.24, 2.45) is 0 Å². The highest BCUT2D eigenvalue weighted by Gasteiger charge is 2.04. The van der Waals surface area contributed by atoms with Crippen molar-refractivity contribution in [1.29, 1.82) is 0 Å². The minimum atomic E-state index is 0.742. The number of aryl methyl sites for hydroxylation is 1. The summed E-state index contributed by atoms with van der Waals surface area (Å²) in [6.07, 6.45) is 3.59. The summed E-state index contributed by atoms with van der Waals surface area (Å²) in [7, 11) is 0. The maximum atomic E-state index is 4.27. The van der Waals surface area contributed by atoms with Crippen LogP contribution in [0, 0.1) is 6.92 Å². The third-order valence-corrected chi connectivity index (χ3v) is 2.18. The first-order valence-corrected chi connectivity index (χ1v) is 4.75. The van der Waals surface area contributed by atoms with Gasteiger partial charge in [0.05, 0.1) is 12.0 Å². The summed E-state index contributed by atoms with van der Waals surface area (Å²) in [6, 6.07) is 0. The van der Waals surface area contributed by atoms with Gasteiger partial charge in [-0.15, -0.1) is 0 Å². The van der Waals surface area contributed by atoms with Gasteiger partial charge >= 0.3 is 0 Å². The normalized spacial score (nSPS) is 10.8. The largest absolute Gasteiger partial charge is 0.342 e. The van der Waals surface area contributed by atoms with Gasteiger partial charge in [0, 0.05) is 0 Å². The van der Waals surface area contributed by atoms with Crippen LogP contribution >= 0.6 is 11.8 Å². The molecule has 0 spiro atoms. The van der Waals surface area contributed by atoms with Crippen molar-refractivity contribution in [1.82, 2.24) is 19.9 Å². The van der Waals surface area contributed by atoms with Crippen LogP contribution in [-0.4, -0.2) is 26.2 Å². The van der Waals surface area contributed by atoms with Crippen molar-refractivity contribution in [3.05, 3.63) is 12.0 Å². The molecule has 5 heteroatoms. The molecule has 4 nitrogen and oxygen atoms in total. The molecule has 0 radical (unpaired) electrons. The molecule has 2 aromatic rings. The molecule has 2 aromatic heterocycles. The maximum Gasteiger partial charge on any atom is 0.189 e. The van der Waals surface area contributed by atoms with Crippen molar-refractivity contribution in [2.45, 2.75) is 12.1 Å². The second kappa shape index (κ2) is 2.75. The zero-order valence-electron chi connectivity index (χ0n) is 6.83. The van der Waals surface area contributed by atoms with E-state index in [-0.39, 0.29) is 0 Å². The fourth-order valence-corrected chi connectivity index (χ4v) is 1.45. The summed E-state index contributed by atoms with van der Waals surface area (Å²) in [5.74, 6) is 0. The molecule has 0 amide bonds. The number of nitrogens with zero attached hydrogens (tertiary/aromatic N) is 3. The van der Waals surface area contributed by atoms with Gasteiger partial charge in [0.1, 0.15) is 5.52 Å². The molecule has 0 fully saturated rings. The van der Waals surface area contributed by atoms with E-state index in [2.05, 4.69) is 19.9 Å². The van der Waals surface area contributed by atoms with Crippen molar-refractivity contribution < 1.29 is 0 Å². The number of nitrogens with one attached hydrogen (secondary N) is 1. The zero-order chi connectivity index (χ0) is 8.55. The number of H-pyrrole nitrogens is 1. The number of rotatable bonds is 1. The van der Waals surface area contributed by atoms with Gasteiger partial charge in [0.15, 0.2) is 10.8 Å². The molecule has 2 rings (SSSR count). The SMILES string of the molecule is CSc1nc(C)c2[nH]cnc2n1. The molecule has 2 heterocycles. The average Bonchev–Trinajstić information content (AvgIpc) is 2.52. The molecule has 0 bridgehead atoms. The molecule has 0 aliphatic carbocycles. The van der Waals surface area contributed by atoms with Crippen LogP contribution in [0.3, 0.4) is 0 Å². The molecule has 12 heavy (non-hydrogen) atoms. The summed E-state index contributed by atoms with van der Waals surface area (Å²) < 4.78 is 0. The van der Waals surface area contributed by atoms with Crippen LogP contribution in [-0.2, 0) is 0 Å². The summed E-state index contributed by atoms with van der Waals surface area (Å²) in [6.45, 7) is 1.95. The highest BCUT2D eigenvalue weighted by molar-refractivity contribution is 7.98. The summed E-state index contributed by atoms with van der Waals surface area (Å²) >= 11 is 1.53. The Labute approximate surface area is 73.8 Å². The lowest BCUT2D eigenvalue weighted by Crippen LogP contribution is -1.90. The van der Waals surface area contributed by atoms with Gasteiger partial charge in [-0.25, -0.2) is 15.0 Å². The van der Waals surface area contributed by atoms with Crippen LogP contribution in [0.4, 0.5) is 0 Å². The number of aromatic nitrogens is 4. The average molecular weight is 180 g/mol. The summed E-state index contributed by atoms with van der Waals surface area (Å²) in [5.41, 5.74) is 2.61. The van der Waals surface area contributed by atoms with Crippen molar-refractivity contribution in [2.75, 3.05) is 6.26 Å². The Morgan fingerprint density at radius 3 is 3.00 bits per heavy atom. The standard InChI is InChI=1S/C7H8N4S/c1-4-5-6(9-3-8-5)11-7(10-4)12-2/h3H,1-2H3,(H,8,9,10,11). The number of thioether (sulfide) groups is 1. The van der Waals surface area contributed by atoms with Gasteiger partial charge in [-0.3, -0.25) is 0 Å². The summed E-state index contributed by atoms with van der Waals surface area (Å²) in [4.78, 5) is 15.6. The molecule has 0 saturated carbocycles. The Balaban J connectivity index is 2.75. The van der Waals surface area contributed by atoms with E-state index in [1.54, 1.807) is 6.33 Å². The first-order chi connectivity index (χ1) is 5.81. The highest BCUT2D eigenvalue weighted by atomic mass is 32.2. The molecule has 0 unspecified atom stereocenters. The van der Waals surface area contributed by atoms with Crippen molar-refractivity contribution in [3.8, 4) is 0 Å². The van der Waals surface area contributed by atoms with Crippen LogP contribution < -0.4 is 0 Å². The van der Waals surface area contributed by atoms with Gasteiger partial charge in [0.25, 0.3) is 0 Å². The van der Waals surface area contributed by atoms with Crippen LogP contribution in [0.1, 0.15) is 5.69 Å². The van der Waals surface area contributed by atoms with E-state index in [0.29, 0.717) is 0 Å². The van der Waals surface area contributed by atoms with Gasteiger partial charge < -0.3 is 4.98 Å². The molecule has 62 valence electrons. The number of hydrogen-bond acceptors (Lipinski definition) is 4. The Morgan fingerprint density at radius 1 is 1.42 bits per heavy atom. The second-order valence-electron chi connectivity index (χ2n) is 2.40. The number of hydrogen-bond donors (Lipinski definition) is 1. The Bertz CT molecular complexity index is 409. The van der Waals surface area contributed by atoms with E-state index in [9.17, 15) is 0 Å². The first kappa shape index (κ1) is 7.54. The van der Waals surface area contributed by atoms with Gasteiger partial charge in [0.2, 0.25) is 0 Å². The molecule has 0 aliphatic heterocycles. The predicted octanol–water partition coefficient (Wildman–Crippen LogP) is 1.38. The van der Waals surface area contributed by atoms with E-state index < -0.39 is 0 Å². The van der Waals surface area contributed by atoms with E-state index in [1.807, 2.05) is 13.2 Å². The zero-order valence-corrected chi connectivity index (χ0v) is 7.64. The topological polar surface area (TPSA) is 54.5 Å². The van der Waals surface area contributed by atoms with Gasteiger partial charge in [-0.05, 0) is 13.2 Å². The highest BCUT2D eigenvalue weighted by Crippen LogP contribution is 2.15.